The number of aromatic nitrogens is 3. The van der Waals surface area contributed by atoms with E-state index >= 15 is 0 Å². The summed E-state index contributed by atoms with van der Waals surface area (Å²) >= 11 is 1.49. The van der Waals surface area contributed by atoms with Crippen molar-refractivity contribution in [1.82, 2.24) is 19.7 Å². The number of hydrogen-bond acceptors (Lipinski definition) is 5. The Morgan fingerprint density at radius 3 is 2.67 bits per heavy atom. The first kappa shape index (κ1) is 20.8. The van der Waals surface area contributed by atoms with Gasteiger partial charge in [-0.15, -0.1) is 11.3 Å². The standard InChI is InChI=1S/C23H29N5OS/c1-23(2,3)17-9-7-16(8-10-17)21(29)25-22-24-19(15-30-22)20-6-5-12-28(20)14-18-11-13-27(4)26-18/h7-11,13,15,20H,5-6,12,14H2,1-4H3,(H,24,25,29)/t20-/m1/s1. The van der Waals surface area contributed by atoms with Gasteiger partial charge in [0, 0.05) is 30.7 Å². The zero-order chi connectivity index (χ0) is 21.3. The number of likely N-dealkylation sites (tertiary alicyclic amines) is 1. The summed E-state index contributed by atoms with van der Waals surface area (Å²) in [5.74, 6) is -0.117. The third kappa shape index (κ3) is 4.63. The number of benzene rings is 1. The fourth-order valence-corrected chi connectivity index (χ4v) is 4.65. The summed E-state index contributed by atoms with van der Waals surface area (Å²) in [6.07, 6.45) is 4.21. The van der Waals surface area contributed by atoms with E-state index in [0.29, 0.717) is 10.7 Å². The Kier molecular flexibility index (Phi) is 5.75. The third-order valence-corrected chi connectivity index (χ3v) is 6.37. The van der Waals surface area contributed by atoms with Crippen LogP contribution < -0.4 is 5.32 Å². The largest absolute Gasteiger partial charge is 0.298 e. The lowest BCUT2D eigenvalue weighted by Gasteiger charge is -2.21. The van der Waals surface area contributed by atoms with Crippen molar-refractivity contribution in [3.8, 4) is 0 Å². The van der Waals surface area contributed by atoms with E-state index in [9.17, 15) is 4.79 Å². The van der Waals surface area contributed by atoms with E-state index in [0.717, 1.165) is 37.3 Å². The van der Waals surface area contributed by atoms with Crippen LogP contribution in [0.4, 0.5) is 5.13 Å². The van der Waals surface area contributed by atoms with Crippen LogP contribution >= 0.6 is 11.3 Å². The summed E-state index contributed by atoms with van der Waals surface area (Å²) in [5.41, 5.74) is 4.04. The molecule has 2 aromatic heterocycles. The van der Waals surface area contributed by atoms with Crippen molar-refractivity contribution in [2.45, 2.75) is 51.6 Å². The number of thiazole rings is 1. The molecule has 3 aromatic rings. The van der Waals surface area contributed by atoms with Gasteiger partial charge >= 0.3 is 0 Å². The number of hydrogen-bond donors (Lipinski definition) is 1. The van der Waals surface area contributed by atoms with E-state index in [1.165, 1.54) is 16.9 Å². The van der Waals surface area contributed by atoms with Gasteiger partial charge in [0.25, 0.3) is 5.91 Å². The normalized spacial score (nSPS) is 17.4. The average molecular weight is 424 g/mol. The summed E-state index contributed by atoms with van der Waals surface area (Å²) < 4.78 is 1.84. The smallest absolute Gasteiger partial charge is 0.257 e. The van der Waals surface area contributed by atoms with Crippen molar-refractivity contribution in [2.24, 2.45) is 7.05 Å². The molecule has 4 rings (SSSR count). The molecule has 0 radical (unpaired) electrons. The number of carbonyl (C=O) groups excluding carboxylic acids is 1. The number of rotatable bonds is 5. The SMILES string of the molecule is Cn1ccc(CN2CCC[C@@H]2c2csc(NC(=O)c3ccc(C(C)(C)C)cc3)n2)n1. The van der Waals surface area contributed by atoms with E-state index in [1.54, 1.807) is 0 Å². The van der Waals surface area contributed by atoms with Crippen LogP contribution in [0.5, 0.6) is 0 Å². The van der Waals surface area contributed by atoms with Gasteiger partial charge in [-0.3, -0.25) is 19.7 Å². The minimum Gasteiger partial charge on any atom is -0.298 e. The number of nitrogens with zero attached hydrogens (tertiary/aromatic N) is 4. The van der Waals surface area contributed by atoms with Gasteiger partial charge in [0.05, 0.1) is 17.4 Å². The first-order valence-electron chi connectivity index (χ1n) is 10.4. The fraction of sp³-hybridized carbons (Fsp3) is 0.435. The van der Waals surface area contributed by atoms with E-state index in [-0.39, 0.29) is 17.4 Å². The van der Waals surface area contributed by atoms with Crippen LogP contribution in [0.25, 0.3) is 0 Å². The van der Waals surface area contributed by atoms with E-state index in [1.807, 2.05) is 42.2 Å². The van der Waals surface area contributed by atoms with Gasteiger partial charge in [-0.05, 0) is 48.6 Å². The second-order valence-corrected chi connectivity index (χ2v) is 9.83. The minimum absolute atomic E-state index is 0.0711. The van der Waals surface area contributed by atoms with Gasteiger partial charge < -0.3 is 0 Å². The van der Waals surface area contributed by atoms with Crippen molar-refractivity contribution in [1.29, 1.82) is 0 Å². The van der Waals surface area contributed by atoms with Gasteiger partial charge in [-0.2, -0.15) is 5.10 Å². The minimum atomic E-state index is -0.117. The van der Waals surface area contributed by atoms with Crippen molar-refractivity contribution < 1.29 is 4.79 Å². The first-order valence-corrected chi connectivity index (χ1v) is 11.3. The van der Waals surface area contributed by atoms with Gasteiger partial charge in [0.1, 0.15) is 0 Å². The molecule has 1 atom stereocenters. The van der Waals surface area contributed by atoms with Crippen molar-refractivity contribution in [2.75, 3.05) is 11.9 Å². The summed E-state index contributed by atoms with van der Waals surface area (Å²) in [6, 6.07) is 10.2. The maximum atomic E-state index is 12.6. The molecule has 1 aliphatic rings. The maximum Gasteiger partial charge on any atom is 0.257 e. The molecule has 1 aromatic carbocycles. The van der Waals surface area contributed by atoms with E-state index in [2.05, 4.69) is 47.5 Å². The molecule has 1 aliphatic heterocycles. The molecule has 3 heterocycles. The van der Waals surface area contributed by atoms with Gasteiger partial charge in [-0.1, -0.05) is 32.9 Å². The zero-order valence-corrected chi connectivity index (χ0v) is 18.9. The van der Waals surface area contributed by atoms with Gasteiger partial charge in [0.15, 0.2) is 5.13 Å². The van der Waals surface area contributed by atoms with Crippen molar-refractivity contribution in [3.05, 3.63) is 64.4 Å². The molecule has 1 saturated heterocycles. The molecule has 1 N–H and O–H groups in total. The van der Waals surface area contributed by atoms with Gasteiger partial charge in [-0.25, -0.2) is 4.98 Å². The van der Waals surface area contributed by atoms with Crippen molar-refractivity contribution >= 4 is 22.4 Å². The summed E-state index contributed by atoms with van der Waals surface area (Å²) in [4.78, 5) is 19.8. The molecule has 1 amide bonds. The van der Waals surface area contributed by atoms with Crippen LogP contribution in [-0.4, -0.2) is 32.1 Å². The predicted molar refractivity (Wildman–Crippen MR) is 121 cm³/mol. The van der Waals surface area contributed by atoms with Gasteiger partial charge in [0.2, 0.25) is 0 Å². The first-order chi connectivity index (χ1) is 14.3. The number of amides is 1. The Labute approximate surface area is 181 Å². The lowest BCUT2D eigenvalue weighted by molar-refractivity contribution is 0.102. The highest BCUT2D eigenvalue weighted by Crippen LogP contribution is 2.34. The van der Waals surface area contributed by atoms with Crippen LogP contribution in [0.1, 0.15) is 67.0 Å². The van der Waals surface area contributed by atoms with E-state index < -0.39 is 0 Å². The van der Waals surface area contributed by atoms with E-state index in [4.69, 9.17) is 4.98 Å². The fourth-order valence-electron chi connectivity index (χ4n) is 3.89. The molecule has 0 spiro atoms. The molecule has 6 nitrogen and oxygen atoms in total. The van der Waals surface area contributed by atoms with Crippen LogP contribution in [0, 0.1) is 0 Å². The Hall–Kier alpha value is -2.51. The van der Waals surface area contributed by atoms with Crippen LogP contribution in [0.15, 0.2) is 41.9 Å². The highest BCUT2D eigenvalue weighted by molar-refractivity contribution is 7.14. The lowest BCUT2D eigenvalue weighted by atomic mass is 9.87. The second-order valence-electron chi connectivity index (χ2n) is 8.97. The maximum absolute atomic E-state index is 12.6. The second kappa shape index (κ2) is 8.32. The molecule has 0 unspecified atom stereocenters. The highest BCUT2D eigenvalue weighted by Gasteiger charge is 2.28. The number of carbonyl (C=O) groups is 1. The number of nitrogens with one attached hydrogen (secondary N) is 1. The van der Waals surface area contributed by atoms with Crippen LogP contribution in [-0.2, 0) is 19.0 Å². The Bertz CT molecular complexity index is 1010. The Morgan fingerprint density at radius 2 is 2.00 bits per heavy atom. The monoisotopic (exact) mass is 423 g/mol. The molecule has 0 aliphatic carbocycles. The molecular weight excluding hydrogens is 394 g/mol. The van der Waals surface area contributed by atoms with Crippen LogP contribution in [0.3, 0.4) is 0 Å². The lowest BCUT2D eigenvalue weighted by Crippen LogP contribution is -2.23. The molecule has 7 heteroatoms. The number of anilines is 1. The van der Waals surface area contributed by atoms with Crippen molar-refractivity contribution in [3.63, 3.8) is 0 Å². The molecular formula is C23H29N5OS. The van der Waals surface area contributed by atoms with Crippen LogP contribution in [0.2, 0.25) is 0 Å². The summed E-state index contributed by atoms with van der Waals surface area (Å²) in [7, 11) is 1.94. The zero-order valence-electron chi connectivity index (χ0n) is 18.1. The quantitative estimate of drug-likeness (QED) is 0.642. The highest BCUT2D eigenvalue weighted by atomic mass is 32.1. The molecule has 1 fully saturated rings. The predicted octanol–water partition coefficient (Wildman–Crippen LogP) is 4.76. The Morgan fingerprint density at radius 1 is 1.23 bits per heavy atom. The molecule has 0 saturated carbocycles. The summed E-state index contributed by atoms with van der Waals surface area (Å²) in [5, 5.41) is 10.2. The number of aryl methyl sites for hydroxylation is 1. The molecule has 30 heavy (non-hydrogen) atoms. The third-order valence-electron chi connectivity index (χ3n) is 5.59. The molecule has 158 valence electrons. The average Bonchev–Trinajstić information content (AvgIpc) is 3.43. The molecule has 0 bridgehead atoms. The topological polar surface area (TPSA) is 63.0 Å². The summed E-state index contributed by atoms with van der Waals surface area (Å²) in [6.45, 7) is 8.36. The Balaban J connectivity index is 1.41.